The molecule has 6 heteroatoms. The number of rotatable bonds is 3. The number of amides is 3. The summed E-state index contributed by atoms with van der Waals surface area (Å²) in [5.74, 6) is -0.577. The van der Waals surface area contributed by atoms with Gasteiger partial charge in [0.15, 0.2) is 0 Å². The van der Waals surface area contributed by atoms with Crippen molar-refractivity contribution in [2.45, 2.75) is 0 Å². The first-order chi connectivity index (χ1) is 9.56. The molecule has 20 heavy (non-hydrogen) atoms. The molecule has 2 aromatic rings. The lowest BCUT2D eigenvalue weighted by Gasteiger charge is -2.09. The molecule has 0 spiro atoms. The summed E-state index contributed by atoms with van der Waals surface area (Å²) in [6, 6.07) is 13.0. The minimum absolute atomic E-state index is 0.240. The number of primary amides is 1. The number of halogens is 1. The van der Waals surface area contributed by atoms with E-state index in [-0.39, 0.29) is 10.6 Å². The first kappa shape index (κ1) is 13.9. The first-order valence-corrected chi connectivity index (χ1v) is 6.16. The van der Waals surface area contributed by atoms with Crippen LogP contribution in [0.1, 0.15) is 10.4 Å². The Bertz CT molecular complexity index is 644. The minimum atomic E-state index is -0.577. The second-order valence-electron chi connectivity index (χ2n) is 4.00. The molecule has 0 aromatic heterocycles. The van der Waals surface area contributed by atoms with Crippen LogP contribution in [0.2, 0.25) is 5.02 Å². The van der Waals surface area contributed by atoms with Crippen LogP contribution in [0.4, 0.5) is 16.2 Å². The zero-order chi connectivity index (χ0) is 14.5. The average Bonchev–Trinajstić information content (AvgIpc) is 2.42. The van der Waals surface area contributed by atoms with Crippen LogP contribution >= 0.6 is 11.6 Å². The number of anilines is 2. The van der Waals surface area contributed by atoms with Crippen molar-refractivity contribution >= 4 is 34.9 Å². The van der Waals surface area contributed by atoms with Gasteiger partial charge in [0.25, 0.3) is 0 Å². The zero-order valence-corrected chi connectivity index (χ0v) is 11.1. The van der Waals surface area contributed by atoms with Gasteiger partial charge in [0.2, 0.25) is 5.91 Å². The summed E-state index contributed by atoms with van der Waals surface area (Å²) in [5, 5.41) is 5.49. The Balaban J connectivity index is 2.06. The van der Waals surface area contributed by atoms with Crippen molar-refractivity contribution in [2.75, 3.05) is 10.6 Å². The third-order valence-corrected chi connectivity index (χ3v) is 2.85. The van der Waals surface area contributed by atoms with Gasteiger partial charge in [0.05, 0.1) is 10.7 Å². The predicted octanol–water partition coefficient (Wildman–Crippen LogP) is 3.08. The highest BCUT2D eigenvalue weighted by Gasteiger charge is 2.08. The SMILES string of the molecule is NC(=O)c1ccc(NC(=O)Nc2ccccc2)c(Cl)c1. The molecule has 5 nitrogen and oxygen atoms in total. The maximum atomic E-state index is 11.8. The molecule has 0 atom stereocenters. The lowest BCUT2D eigenvalue weighted by Crippen LogP contribution is -2.19. The van der Waals surface area contributed by atoms with Crippen LogP contribution in [0.15, 0.2) is 48.5 Å². The van der Waals surface area contributed by atoms with Crippen molar-refractivity contribution in [2.24, 2.45) is 5.73 Å². The summed E-state index contributed by atoms with van der Waals surface area (Å²) in [4.78, 5) is 22.8. The molecule has 0 heterocycles. The number of urea groups is 1. The van der Waals surface area contributed by atoms with E-state index < -0.39 is 11.9 Å². The van der Waals surface area contributed by atoms with Gasteiger partial charge in [-0.15, -0.1) is 0 Å². The van der Waals surface area contributed by atoms with E-state index in [0.29, 0.717) is 11.4 Å². The Morgan fingerprint density at radius 1 is 1.00 bits per heavy atom. The number of benzene rings is 2. The van der Waals surface area contributed by atoms with Crippen molar-refractivity contribution in [1.82, 2.24) is 0 Å². The van der Waals surface area contributed by atoms with Gasteiger partial charge in [-0.1, -0.05) is 29.8 Å². The third-order valence-electron chi connectivity index (χ3n) is 2.53. The lowest BCUT2D eigenvalue weighted by atomic mass is 10.2. The quantitative estimate of drug-likeness (QED) is 0.811. The molecule has 0 aliphatic rings. The molecule has 0 saturated heterocycles. The van der Waals surface area contributed by atoms with Crippen molar-refractivity contribution in [3.63, 3.8) is 0 Å². The highest BCUT2D eigenvalue weighted by Crippen LogP contribution is 2.23. The van der Waals surface area contributed by atoms with Crippen molar-refractivity contribution in [3.8, 4) is 0 Å². The van der Waals surface area contributed by atoms with Crippen LogP contribution < -0.4 is 16.4 Å². The van der Waals surface area contributed by atoms with Crippen LogP contribution in [0.3, 0.4) is 0 Å². The number of nitrogens with two attached hydrogens (primary N) is 1. The van der Waals surface area contributed by atoms with Gasteiger partial charge in [-0.2, -0.15) is 0 Å². The zero-order valence-electron chi connectivity index (χ0n) is 10.4. The molecule has 3 amide bonds. The summed E-state index contributed by atoms with van der Waals surface area (Å²) >= 11 is 5.97. The number of carbonyl (C=O) groups excluding carboxylic acids is 2. The summed E-state index contributed by atoms with van der Waals surface area (Å²) in [6.07, 6.45) is 0. The topological polar surface area (TPSA) is 84.2 Å². The molecule has 0 saturated carbocycles. The number of nitrogens with one attached hydrogen (secondary N) is 2. The number of para-hydroxylation sites is 1. The van der Waals surface area contributed by atoms with Crippen molar-refractivity contribution < 1.29 is 9.59 Å². The standard InChI is InChI=1S/C14H12ClN3O2/c15-11-8-9(13(16)19)6-7-12(11)18-14(20)17-10-4-2-1-3-5-10/h1-8H,(H2,16,19)(H2,17,18,20). The van der Waals surface area contributed by atoms with Crippen LogP contribution in [0, 0.1) is 0 Å². The van der Waals surface area contributed by atoms with Crippen LogP contribution in [0.25, 0.3) is 0 Å². The fourth-order valence-electron chi connectivity index (χ4n) is 1.58. The van der Waals surface area contributed by atoms with Crippen LogP contribution in [-0.2, 0) is 0 Å². The van der Waals surface area contributed by atoms with Gasteiger partial charge in [-0.25, -0.2) is 4.79 Å². The van der Waals surface area contributed by atoms with E-state index >= 15 is 0 Å². The fourth-order valence-corrected chi connectivity index (χ4v) is 1.80. The molecule has 0 bridgehead atoms. The largest absolute Gasteiger partial charge is 0.366 e. The maximum absolute atomic E-state index is 11.8. The van der Waals surface area contributed by atoms with Crippen LogP contribution in [-0.4, -0.2) is 11.9 Å². The van der Waals surface area contributed by atoms with E-state index in [2.05, 4.69) is 10.6 Å². The van der Waals surface area contributed by atoms with Crippen molar-refractivity contribution in [1.29, 1.82) is 0 Å². The average molecular weight is 290 g/mol. The summed E-state index contributed by atoms with van der Waals surface area (Å²) in [7, 11) is 0. The van der Waals surface area contributed by atoms with Gasteiger partial charge in [-0.3, -0.25) is 4.79 Å². The van der Waals surface area contributed by atoms with E-state index in [0.717, 1.165) is 0 Å². The molecule has 2 aromatic carbocycles. The summed E-state index contributed by atoms with van der Waals surface area (Å²) < 4.78 is 0. The molecule has 0 radical (unpaired) electrons. The molecule has 2 rings (SSSR count). The number of carbonyl (C=O) groups is 2. The third kappa shape index (κ3) is 3.49. The molecule has 0 unspecified atom stereocenters. The molecule has 0 aliphatic carbocycles. The first-order valence-electron chi connectivity index (χ1n) is 5.78. The normalized spacial score (nSPS) is 9.85. The maximum Gasteiger partial charge on any atom is 0.323 e. The number of hydrogen-bond acceptors (Lipinski definition) is 2. The fraction of sp³-hybridized carbons (Fsp3) is 0. The van der Waals surface area contributed by atoms with Gasteiger partial charge < -0.3 is 16.4 Å². The molecule has 102 valence electrons. The lowest BCUT2D eigenvalue weighted by molar-refractivity contribution is 0.100. The number of hydrogen-bond donors (Lipinski definition) is 3. The molecule has 4 N–H and O–H groups in total. The van der Waals surface area contributed by atoms with Gasteiger partial charge in [0.1, 0.15) is 0 Å². The highest BCUT2D eigenvalue weighted by molar-refractivity contribution is 6.34. The Morgan fingerprint density at radius 2 is 1.70 bits per heavy atom. The molecule has 0 fully saturated rings. The van der Waals surface area contributed by atoms with E-state index in [1.165, 1.54) is 18.2 Å². The Morgan fingerprint density at radius 3 is 2.30 bits per heavy atom. The predicted molar refractivity (Wildman–Crippen MR) is 79.1 cm³/mol. The monoisotopic (exact) mass is 289 g/mol. The van der Waals surface area contributed by atoms with Gasteiger partial charge >= 0.3 is 6.03 Å². The molecular weight excluding hydrogens is 278 g/mol. The second kappa shape index (κ2) is 6.08. The molecular formula is C14H12ClN3O2. The summed E-state index contributed by atoms with van der Waals surface area (Å²) in [5.41, 5.74) is 6.48. The van der Waals surface area contributed by atoms with Crippen LogP contribution in [0.5, 0.6) is 0 Å². The Kier molecular flexibility index (Phi) is 4.22. The Labute approximate surface area is 120 Å². The van der Waals surface area contributed by atoms with E-state index in [9.17, 15) is 9.59 Å². The Hall–Kier alpha value is -2.53. The van der Waals surface area contributed by atoms with Crippen molar-refractivity contribution in [3.05, 3.63) is 59.1 Å². The highest BCUT2D eigenvalue weighted by atomic mass is 35.5. The van der Waals surface area contributed by atoms with E-state index in [1.807, 2.05) is 18.2 Å². The van der Waals surface area contributed by atoms with Gasteiger partial charge in [0, 0.05) is 11.3 Å². The second-order valence-corrected chi connectivity index (χ2v) is 4.41. The smallest absolute Gasteiger partial charge is 0.323 e. The van der Waals surface area contributed by atoms with E-state index in [4.69, 9.17) is 17.3 Å². The molecule has 0 aliphatic heterocycles. The van der Waals surface area contributed by atoms with Gasteiger partial charge in [-0.05, 0) is 30.3 Å². The minimum Gasteiger partial charge on any atom is -0.366 e. The summed E-state index contributed by atoms with van der Waals surface area (Å²) in [6.45, 7) is 0. The van der Waals surface area contributed by atoms with E-state index in [1.54, 1.807) is 12.1 Å².